The first kappa shape index (κ1) is 11.3. The lowest BCUT2D eigenvalue weighted by Gasteiger charge is -2.14. The summed E-state index contributed by atoms with van der Waals surface area (Å²) < 4.78 is 0. The van der Waals surface area contributed by atoms with Gasteiger partial charge in [0.05, 0.1) is 6.04 Å². The molecule has 0 aliphatic carbocycles. The Bertz CT molecular complexity index is 311. The number of hydrazine groups is 1. The van der Waals surface area contributed by atoms with Crippen molar-refractivity contribution in [1.29, 1.82) is 0 Å². The number of nitrogens with two attached hydrogens (primary N) is 1. The molecule has 76 valence electrons. The van der Waals surface area contributed by atoms with Gasteiger partial charge < -0.3 is 0 Å². The van der Waals surface area contributed by atoms with E-state index >= 15 is 0 Å². The Morgan fingerprint density at radius 2 is 2.50 bits per heavy atom. The van der Waals surface area contributed by atoms with Gasteiger partial charge in [0.2, 0.25) is 0 Å². The minimum Gasteiger partial charge on any atom is -0.271 e. The van der Waals surface area contributed by atoms with Crippen LogP contribution >= 0.6 is 11.3 Å². The van der Waals surface area contributed by atoms with Crippen molar-refractivity contribution < 1.29 is 0 Å². The Hall–Kier alpha value is -0.820. The molecule has 0 bridgehead atoms. The fourth-order valence-electron chi connectivity index (χ4n) is 1.46. The molecule has 0 aliphatic rings. The molecule has 1 aromatic rings. The summed E-state index contributed by atoms with van der Waals surface area (Å²) >= 11 is 1.75. The van der Waals surface area contributed by atoms with Crippen molar-refractivity contribution in [2.75, 3.05) is 0 Å². The van der Waals surface area contributed by atoms with E-state index in [1.54, 1.807) is 11.3 Å². The van der Waals surface area contributed by atoms with Crippen molar-refractivity contribution >= 4 is 11.3 Å². The van der Waals surface area contributed by atoms with E-state index in [4.69, 9.17) is 12.3 Å². The van der Waals surface area contributed by atoms with E-state index < -0.39 is 0 Å². The summed E-state index contributed by atoms with van der Waals surface area (Å²) in [7, 11) is 0. The number of nitrogens with one attached hydrogen (secondary N) is 1. The molecule has 0 aliphatic heterocycles. The number of hydrogen-bond donors (Lipinski definition) is 2. The lowest BCUT2D eigenvalue weighted by molar-refractivity contribution is 0.529. The van der Waals surface area contributed by atoms with Crippen molar-refractivity contribution in [1.82, 2.24) is 5.43 Å². The smallest absolute Gasteiger partial charge is 0.0565 e. The molecular weight excluding hydrogens is 192 g/mol. The molecule has 0 radical (unpaired) electrons. The second-order valence-electron chi connectivity index (χ2n) is 3.13. The average Bonchev–Trinajstić information content (AvgIpc) is 2.67. The Morgan fingerprint density at radius 1 is 1.71 bits per heavy atom. The van der Waals surface area contributed by atoms with Crippen LogP contribution < -0.4 is 11.3 Å². The van der Waals surface area contributed by atoms with Crippen molar-refractivity contribution in [3.05, 3.63) is 21.9 Å². The summed E-state index contributed by atoms with van der Waals surface area (Å²) in [6, 6.07) is 2.36. The van der Waals surface area contributed by atoms with Gasteiger partial charge in [0.1, 0.15) is 0 Å². The highest BCUT2D eigenvalue weighted by Gasteiger charge is 2.13. The van der Waals surface area contributed by atoms with Crippen LogP contribution in [0.25, 0.3) is 0 Å². The second-order valence-corrected chi connectivity index (χ2v) is 4.07. The van der Waals surface area contributed by atoms with Gasteiger partial charge in [-0.3, -0.25) is 11.3 Å². The van der Waals surface area contributed by atoms with E-state index in [0.717, 1.165) is 19.3 Å². The molecule has 1 heterocycles. The number of rotatable bonds is 5. The Balaban J connectivity index is 2.73. The highest BCUT2D eigenvalue weighted by Crippen LogP contribution is 2.27. The van der Waals surface area contributed by atoms with Crippen LogP contribution in [-0.2, 0) is 6.42 Å². The molecule has 14 heavy (non-hydrogen) atoms. The Morgan fingerprint density at radius 3 is 3.07 bits per heavy atom. The molecule has 0 amide bonds. The van der Waals surface area contributed by atoms with Crippen LogP contribution in [0.1, 0.15) is 36.2 Å². The minimum absolute atomic E-state index is 0.209. The van der Waals surface area contributed by atoms with Gasteiger partial charge in [-0.1, -0.05) is 6.92 Å². The van der Waals surface area contributed by atoms with Crippen LogP contribution in [0.3, 0.4) is 0 Å². The van der Waals surface area contributed by atoms with Crippen LogP contribution in [0.4, 0.5) is 0 Å². The number of terminal acetylenes is 1. The quantitative estimate of drug-likeness (QED) is 0.442. The summed E-state index contributed by atoms with van der Waals surface area (Å²) in [5.41, 5.74) is 4.20. The van der Waals surface area contributed by atoms with Gasteiger partial charge in [0, 0.05) is 11.3 Å². The summed E-state index contributed by atoms with van der Waals surface area (Å²) in [4.78, 5) is 1.32. The van der Waals surface area contributed by atoms with Gasteiger partial charge >= 0.3 is 0 Å². The highest BCUT2D eigenvalue weighted by molar-refractivity contribution is 7.10. The zero-order valence-electron chi connectivity index (χ0n) is 8.42. The molecule has 0 saturated carbocycles. The van der Waals surface area contributed by atoms with E-state index in [-0.39, 0.29) is 6.04 Å². The fraction of sp³-hybridized carbons (Fsp3) is 0.455. The largest absolute Gasteiger partial charge is 0.271 e. The fourth-order valence-corrected chi connectivity index (χ4v) is 2.56. The predicted octanol–water partition coefficient (Wildman–Crippen LogP) is 2.23. The molecule has 0 spiro atoms. The van der Waals surface area contributed by atoms with Gasteiger partial charge in [0.15, 0.2) is 0 Å². The van der Waals surface area contributed by atoms with Gasteiger partial charge in [-0.05, 0) is 29.9 Å². The van der Waals surface area contributed by atoms with E-state index in [2.05, 4.69) is 29.7 Å². The van der Waals surface area contributed by atoms with Crippen LogP contribution in [-0.4, -0.2) is 0 Å². The maximum atomic E-state index is 5.52. The molecule has 3 N–H and O–H groups in total. The molecule has 1 atom stereocenters. The van der Waals surface area contributed by atoms with Crippen molar-refractivity contribution in [2.45, 2.75) is 32.2 Å². The monoisotopic (exact) mass is 208 g/mol. The lowest BCUT2D eigenvalue weighted by Crippen LogP contribution is -2.27. The van der Waals surface area contributed by atoms with Crippen molar-refractivity contribution in [3.63, 3.8) is 0 Å². The van der Waals surface area contributed by atoms with Crippen molar-refractivity contribution in [2.24, 2.45) is 5.84 Å². The SMILES string of the molecule is C#CCCC(NN)c1sccc1CC. The molecule has 1 rings (SSSR count). The predicted molar refractivity (Wildman–Crippen MR) is 61.8 cm³/mol. The summed E-state index contributed by atoms with van der Waals surface area (Å²) in [6.45, 7) is 2.15. The third-order valence-electron chi connectivity index (χ3n) is 2.26. The van der Waals surface area contributed by atoms with Crippen LogP contribution in [0, 0.1) is 12.3 Å². The van der Waals surface area contributed by atoms with Crippen LogP contribution in [0.2, 0.25) is 0 Å². The normalized spacial score (nSPS) is 12.4. The van der Waals surface area contributed by atoms with Crippen LogP contribution in [0.15, 0.2) is 11.4 Å². The highest BCUT2D eigenvalue weighted by atomic mass is 32.1. The number of thiophene rings is 1. The Kier molecular flexibility index (Phi) is 4.68. The maximum Gasteiger partial charge on any atom is 0.0565 e. The van der Waals surface area contributed by atoms with Gasteiger partial charge in [0.25, 0.3) is 0 Å². The van der Waals surface area contributed by atoms with E-state index in [0.29, 0.717) is 0 Å². The van der Waals surface area contributed by atoms with E-state index in [9.17, 15) is 0 Å². The molecule has 2 nitrogen and oxygen atoms in total. The molecule has 0 aromatic carbocycles. The first-order valence-electron chi connectivity index (χ1n) is 4.79. The third kappa shape index (κ3) is 2.58. The Labute approximate surface area is 89.5 Å². The number of aryl methyl sites for hydroxylation is 1. The van der Waals surface area contributed by atoms with Gasteiger partial charge in [-0.25, -0.2) is 0 Å². The topological polar surface area (TPSA) is 38.0 Å². The van der Waals surface area contributed by atoms with Crippen molar-refractivity contribution in [3.8, 4) is 12.3 Å². The summed E-state index contributed by atoms with van der Waals surface area (Å²) in [5.74, 6) is 8.16. The minimum atomic E-state index is 0.209. The summed E-state index contributed by atoms with van der Waals surface area (Å²) in [6.07, 6.45) is 7.95. The molecule has 3 heteroatoms. The maximum absolute atomic E-state index is 5.52. The molecule has 0 fully saturated rings. The van der Waals surface area contributed by atoms with Crippen LogP contribution in [0.5, 0.6) is 0 Å². The first-order valence-corrected chi connectivity index (χ1v) is 5.67. The molecule has 1 unspecified atom stereocenters. The first-order chi connectivity index (χ1) is 6.83. The standard InChI is InChI=1S/C11H16N2S/c1-3-5-6-10(13-12)11-9(4-2)7-8-14-11/h1,7-8,10,13H,4-6,12H2,2H3. The van der Waals surface area contributed by atoms with Gasteiger partial charge in [-0.15, -0.1) is 23.7 Å². The molecule has 1 aromatic heterocycles. The number of hydrogen-bond acceptors (Lipinski definition) is 3. The molecular formula is C11H16N2S. The second kappa shape index (κ2) is 5.82. The third-order valence-corrected chi connectivity index (χ3v) is 3.33. The van der Waals surface area contributed by atoms with E-state index in [1.807, 2.05) is 0 Å². The lowest BCUT2D eigenvalue weighted by atomic mass is 10.1. The molecule has 0 saturated heterocycles. The summed E-state index contributed by atoms with van der Waals surface area (Å²) in [5, 5.41) is 2.11. The zero-order chi connectivity index (χ0) is 10.4. The van der Waals surface area contributed by atoms with Gasteiger partial charge in [-0.2, -0.15) is 0 Å². The zero-order valence-corrected chi connectivity index (χ0v) is 9.23. The van der Waals surface area contributed by atoms with E-state index in [1.165, 1.54) is 10.4 Å². The average molecular weight is 208 g/mol.